The van der Waals surface area contributed by atoms with Crippen LogP contribution < -0.4 is 0 Å². The van der Waals surface area contributed by atoms with E-state index >= 15 is 0 Å². The van der Waals surface area contributed by atoms with Crippen molar-refractivity contribution in [3.63, 3.8) is 0 Å². The van der Waals surface area contributed by atoms with E-state index < -0.39 is 0 Å². The van der Waals surface area contributed by atoms with Gasteiger partial charge in [-0.05, 0) is 74.0 Å². The zero-order valence-corrected chi connectivity index (χ0v) is 16.9. The summed E-state index contributed by atoms with van der Waals surface area (Å²) in [6.45, 7) is 8.35. The summed E-state index contributed by atoms with van der Waals surface area (Å²) in [5.41, 5.74) is 0.617. The topological polar surface area (TPSA) is 35.5 Å². The standard InChI is InChI=1S/C23H36O3/c1-15(24)17-7-8-18-20-19(9-11-22(17,18)3)21(2)10-5-4-6-16(21)14-23(20)25-12-13-26-23/h16-20H,4-14H2,1-3H3/t16-,17+,18-,19+,20-,21+,22+/m1/s1. The maximum absolute atomic E-state index is 12.4. The Hall–Kier alpha value is -0.410. The van der Waals surface area contributed by atoms with Gasteiger partial charge in [0.1, 0.15) is 5.78 Å². The molecule has 1 spiro atoms. The minimum atomic E-state index is -0.343. The molecule has 0 unspecified atom stereocenters. The van der Waals surface area contributed by atoms with Gasteiger partial charge < -0.3 is 9.47 Å². The Morgan fingerprint density at radius 1 is 0.885 bits per heavy atom. The second-order valence-corrected chi connectivity index (χ2v) is 10.7. The van der Waals surface area contributed by atoms with E-state index in [1.165, 1.54) is 44.9 Å². The van der Waals surface area contributed by atoms with Crippen molar-refractivity contribution in [3.8, 4) is 0 Å². The second kappa shape index (κ2) is 5.80. The Morgan fingerprint density at radius 2 is 1.62 bits per heavy atom. The van der Waals surface area contributed by atoms with E-state index in [2.05, 4.69) is 13.8 Å². The number of fused-ring (bicyclic) bond motifs is 6. The van der Waals surface area contributed by atoms with Crippen molar-refractivity contribution in [1.82, 2.24) is 0 Å². The molecule has 5 aliphatic rings. The Bertz CT molecular complexity index is 594. The van der Waals surface area contributed by atoms with Gasteiger partial charge in [0.2, 0.25) is 0 Å². The molecule has 0 amide bonds. The van der Waals surface area contributed by atoms with Gasteiger partial charge in [-0.25, -0.2) is 0 Å². The molecule has 0 aromatic heterocycles. The summed E-state index contributed by atoms with van der Waals surface area (Å²) in [7, 11) is 0. The van der Waals surface area contributed by atoms with Crippen LogP contribution in [-0.2, 0) is 14.3 Å². The summed E-state index contributed by atoms with van der Waals surface area (Å²) >= 11 is 0. The molecule has 1 saturated heterocycles. The fourth-order valence-electron chi connectivity index (χ4n) is 8.67. The number of ether oxygens (including phenoxy) is 2. The lowest BCUT2D eigenvalue weighted by molar-refractivity contribution is -0.297. The summed E-state index contributed by atoms with van der Waals surface area (Å²) in [5.74, 6) is 2.87. The first kappa shape index (κ1) is 17.7. The smallest absolute Gasteiger partial charge is 0.172 e. The molecule has 0 N–H and O–H groups in total. The first-order valence-electron chi connectivity index (χ1n) is 11.2. The summed E-state index contributed by atoms with van der Waals surface area (Å²) in [6.07, 6.45) is 11.4. The molecule has 1 aliphatic heterocycles. The molecular formula is C23H36O3. The van der Waals surface area contributed by atoms with Crippen LogP contribution >= 0.6 is 0 Å². The lowest BCUT2D eigenvalue weighted by Crippen LogP contribution is -2.63. The van der Waals surface area contributed by atoms with E-state index in [1.807, 2.05) is 6.92 Å². The first-order valence-corrected chi connectivity index (χ1v) is 11.2. The Morgan fingerprint density at radius 3 is 2.35 bits per heavy atom. The molecule has 146 valence electrons. The van der Waals surface area contributed by atoms with Crippen molar-refractivity contribution >= 4 is 5.78 Å². The number of hydrogen-bond donors (Lipinski definition) is 0. The molecule has 3 heteroatoms. The number of carbonyl (C=O) groups excluding carboxylic acids is 1. The third-order valence-corrected chi connectivity index (χ3v) is 9.87. The summed E-state index contributed by atoms with van der Waals surface area (Å²) in [5, 5.41) is 0. The van der Waals surface area contributed by atoms with Crippen molar-refractivity contribution in [2.24, 2.45) is 40.4 Å². The van der Waals surface area contributed by atoms with Crippen LogP contribution in [0, 0.1) is 40.4 Å². The van der Waals surface area contributed by atoms with E-state index in [9.17, 15) is 4.79 Å². The van der Waals surface area contributed by atoms with E-state index in [0.717, 1.165) is 32.0 Å². The van der Waals surface area contributed by atoms with Crippen molar-refractivity contribution in [2.75, 3.05) is 13.2 Å². The van der Waals surface area contributed by atoms with E-state index in [1.54, 1.807) is 0 Å². The molecule has 1 heterocycles. The van der Waals surface area contributed by atoms with Gasteiger partial charge in [-0.2, -0.15) is 0 Å². The van der Waals surface area contributed by atoms with Crippen molar-refractivity contribution in [2.45, 2.75) is 84.3 Å². The third-order valence-electron chi connectivity index (χ3n) is 9.87. The fourth-order valence-corrected chi connectivity index (χ4v) is 8.67. The molecule has 5 fully saturated rings. The maximum atomic E-state index is 12.4. The van der Waals surface area contributed by atoms with E-state index in [0.29, 0.717) is 29.0 Å². The lowest BCUT2D eigenvalue weighted by atomic mass is 9.43. The average Bonchev–Trinajstić information content (AvgIpc) is 3.20. The van der Waals surface area contributed by atoms with Gasteiger partial charge in [0.05, 0.1) is 13.2 Å². The highest BCUT2D eigenvalue weighted by Gasteiger charge is 2.68. The van der Waals surface area contributed by atoms with Gasteiger partial charge >= 0.3 is 0 Å². The summed E-state index contributed by atoms with van der Waals surface area (Å²) in [6, 6.07) is 0. The molecule has 3 nitrogen and oxygen atoms in total. The maximum Gasteiger partial charge on any atom is 0.172 e. The molecule has 5 rings (SSSR count). The highest BCUT2D eigenvalue weighted by atomic mass is 16.7. The largest absolute Gasteiger partial charge is 0.347 e. The third kappa shape index (κ3) is 2.16. The number of hydrogen-bond acceptors (Lipinski definition) is 3. The van der Waals surface area contributed by atoms with Crippen LogP contribution in [0.5, 0.6) is 0 Å². The molecular weight excluding hydrogens is 324 g/mol. The van der Waals surface area contributed by atoms with Crippen LogP contribution in [0.1, 0.15) is 78.6 Å². The normalized spacial score (nSPS) is 52.3. The van der Waals surface area contributed by atoms with Crippen molar-refractivity contribution < 1.29 is 14.3 Å². The summed E-state index contributed by atoms with van der Waals surface area (Å²) in [4.78, 5) is 12.4. The quantitative estimate of drug-likeness (QED) is 0.662. The van der Waals surface area contributed by atoms with Gasteiger partial charge in [0.15, 0.2) is 5.79 Å². The number of carbonyl (C=O) groups is 1. The highest BCUT2D eigenvalue weighted by Crippen LogP contribution is 2.70. The van der Waals surface area contributed by atoms with Gasteiger partial charge in [-0.3, -0.25) is 4.79 Å². The van der Waals surface area contributed by atoms with Crippen LogP contribution in [0.2, 0.25) is 0 Å². The van der Waals surface area contributed by atoms with Crippen LogP contribution in [-0.4, -0.2) is 24.8 Å². The predicted octanol–water partition coefficient (Wildman–Crippen LogP) is 4.98. The number of Topliss-reactive ketones (excluding diaryl/α,β-unsaturated/α-hetero) is 1. The lowest BCUT2D eigenvalue weighted by Gasteiger charge is -2.64. The van der Waals surface area contributed by atoms with Crippen LogP contribution in [0.15, 0.2) is 0 Å². The van der Waals surface area contributed by atoms with Crippen molar-refractivity contribution in [3.05, 3.63) is 0 Å². The van der Waals surface area contributed by atoms with Gasteiger partial charge in [-0.1, -0.05) is 26.7 Å². The van der Waals surface area contributed by atoms with Crippen molar-refractivity contribution in [1.29, 1.82) is 0 Å². The monoisotopic (exact) mass is 360 g/mol. The summed E-state index contributed by atoms with van der Waals surface area (Å²) < 4.78 is 13.0. The SMILES string of the molecule is CC(=O)[C@@H]1CC[C@@H]2[C@@H]3[C@H](CC[C@]21C)[C@@]1(C)CCCC[C@@H]1CC31OCCO1. The van der Waals surface area contributed by atoms with Crippen LogP contribution in [0.25, 0.3) is 0 Å². The fraction of sp³-hybridized carbons (Fsp3) is 0.957. The molecule has 7 atom stereocenters. The molecule has 0 aromatic carbocycles. The Kier molecular flexibility index (Phi) is 3.94. The predicted molar refractivity (Wildman–Crippen MR) is 101 cm³/mol. The minimum absolute atomic E-state index is 0.160. The number of ketones is 1. The zero-order chi connectivity index (χ0) is 18.2. The zero-order valence-electron chi connectivity index (χ0n) is 16.9. The molecule has 0 bridgehead atoms. The Balaban J connectivity index is 1.58. The molecule has 0 aromatic rings. The molecule has 4 saturated carbocycles. The molecule has 26 heavy (non-hydrogen) atoms. The van der Waals surface area contributed by atoms with Crippen LogP contribution in [0.4, 0.5) is 0 Å². The molecule has 0 radical (unpaired) electrons. The minimum Gasteiger partial charge on any atom is -0.347 e. The second-order valence-electron chi connectivity index (χ2n) is 10.7. The Labute approximate surface area is 158 Å². The van der Waals surface area contributed by atoms with Crippen LogP contribution in [0.3, 0.4) is 0 Å². The average molecular weight is 361 g/mol. The highest BCUT2D eigenvalue weighted by molar-refractivity contribution is 5.79. The van der Waals surface area contributed by atoms with Gasteiger partial charge in [-0.15, -0.1) is 0 Å². The number of rotatable bonds is 1. The van der Waals surface area contributed by atoms with Gasteiger partial charge in [0.25, 0.3) is 0 Å². The van der Waals surface area contributed by atoms with E-state index in [-0.39, 0.29) is 17.1 Å². The van der Waals surface area contributed by atoms with E-state index in [4.69, 9.17) is 9.47 Å². The molecule has 4 aliphatic carbocycles. The van der Waals surface area contributed by atoms with Gasteiger partial charge in [0, 0.05) is 18.3 Å². The first-order chi connectivity index (χ1) is 12.4.